The van der Waals surface area contributed by atoms with Crippen molar-refractivity contribution in [2.75, 3.05) is 6.61 Å². The normalized spacial score (nSPS) is 12.1. The minimum absolute atomic E-state index is 0.147. The summed E-state index contributed by atoms with van der Waals surface area (Å²) in [4.78, 5) is 17.5. The van der Waals surface area contributed by atoms with Gasteiger partial charge >= 0.3 is 0 Å². The zero-order chi connectivity index (χ0) is 19.2. The number of aromatic nitrogens is 1. The van der Waals surface area contributed by atoms with Crippen molar-refractivity contribution in [3.8, 4) is 5.75 Å². The fraction of sp³-hybridized carbons (Fsp3) is 0.364. The molecule has 2 aromatic carbocycles. The Balaban J connectivity index is 1.80. The van der Waals surface area contributed by atoms with Gasteiger partial charge in [0.15, 0.2) is 4.80 Å². The summed E-state index contributed by atoms with van der Waals surface area (Å²) >= 11 is 1.59. The Morgan fingerprint density at radius 3 is 2.67 bits per heavy atom. The molecule has 4 nitrogen and oxygen atoms in total. The van der Waals surface area contributed by atoms with Crippen molar-refractivity contribution in [3.63, 3.8) is 0 Å². The molecule has 0 radical (unpaired) electrons. The summed E-state index contributed by atoms with van der Waals surface area (Å²) in [5.74, 6) is 1.11. The number of carbonyl (C=O) groups is 1. The second-order valence-electron chi connectivity index (χ2n) is 6.84. The first-order chi connectivity index (χ1) is 13.1. The monoisotopic (exact) mass is 382 g/mol. The minimum Gasteiger partial charge on any atom is -0.493 e. The van der Waals surface area contributed by atoms with E-state index in [1.54, 1.807) is 11.3 Å². The summed E-state index contributed by atoms with van der Waals surface area (Å²) in [6, 6.07) is 16.1. The van der Waals surface area contributed by atoms with E-state index in [4.69, 9.17) is 4.74 Å². The van der Waals surface area contributed by atoms with Crippen LogP contribution in [0.2, 0.25) is 0 Å². The number of amides is 1. The number of para-hydroxylation sites is 1. The minimum atomic E-state index is -0.147. The van der Waals surface area contributed by atoms with Crippen LogP contribution < -0.4 is 9.54 Å². The van der Waals surface area contributed by atoms with Gasteiger partial charge in [0.25, 0.3) is 5.91 Å². The van der Waals surface area contributed by atoms with Crippen LogP contribution in [0.1, 0.15) is 45.1 Å². The van der Waals surface area contributed by atoms with E-state index in [0.717, 1.165) is 29.0 Å². The van der Waals surface area contributed by atoms with Gasteiger partial charge in [-0.3, -0.25) is 4.79 Å². The number of aryl methyl sites for hydroxylation is 1. The Hall–Kier alpha value is -2.40. The van der Waals surface area contributed by atoms with Crippen molar-refractivity contribution in [2.24, 2.45) is 4.99 Å². The fourth-order valence-corrected chi connectivity index (χ4v) is 4.03. The van der Waals surface area contributed by atoms with Crippen molar-refractivity contribution in [3.05, 3.63) is 58.9 Å². The molecule has 0 aliphatic heterocycles. The van der Waals surface area contributed by atoms with Gasteiger partial charge in [-0.2, -0.15) is 4.99 Å². The van der Waals surface area contributed by atoms with Crippen LogP contribution in [0.15, 0.2) is 53.5 Å². The predicted octanol–water partition coefficient (Wildman–Crippen LogP) is 5.13. The third-order valence-corrected chi connectivity index (χ3v) is 5.41. The molecular weight excluding hydrogens is 356 g/mol. The molecule has 27 heavy (non-hydrogen) atoms. The van der Waals surface area contributed by atoms with Gasteiger partial charge in [0.05, 0.1) is 23.2 Å². The van der Waals surface area contributed by atoms with Crippen LogP contribution in [0.25, 0.3) is 10.2 Å². The molecule has 142 valence electrons. The average molecular weight is 383 g/mol. The summed E-state index contributed by atoms with van der Waals surface area (Å²) in [5, 5.41) is 0. The maximum absolute atomic E-state index is 12.4. The van der Waals surface area contributed by atoms with Crippen LogP contribution >= 0.6 is 11.3 Å². The maximum Gasteiger partial charge on any atom is 0.251 e. The third-order valence-electron chi connectivity index (χ3n) is 4.37. The van der Waals surface area contributed by atoms with Crippen LogP contribution in [0.4, 0.5) is 0 Å². The van der Waals surface area contributed by atoms with E-state index in [1.807, 2.05) is 30.3 Å². The van der Waals surface area contributed by atoms with Crippen LogP contribution in [0, 0.1) is 0 Å². The summed E-state index contributed by atoms with van der Waals surface area (Å²) < 4.78 is 8.94. The van der Waals surface area contributed by atoms with Gasteiger partial charge in [0.2, 0.25) is 0 Å². The number of thiazole rings is 1. The van der Waals surface area contributed by atoms with E-state index in [0.29, 0.717) is 12.5 Å². The van der Waals surface area contributed by atoms with Crippen LogP contribution in [-0.2, 0) is 11.3 Å². The molecule has 0 saturated carbocycles. The highest BCUT2D eigenvalue weighted by atomic mass is 32.1. The summed E-state index contributed by atoms with van der Waals surface area (Å²) in [6.45, 7) is 7.71. The number of hydrogen-bond acceptors (Lipinski definition) is 3. The Morgan fingerprint density at radius 2 is 1.96 bits per heavy atom. The van der Waals surface area contributed by atoms with Crippen molar-refractivity contribution in [1.82, 2.24) is 4.57 Å². The lowest BCUT2D eigenvalue weighted by atomic mass is 10.0. The van der Waals surface area contributed by atoms with Crippen molar-refractivity contribution in [2.45, 2.75) is 46.1 Å². The van der Waals surface area contributed by atoms with Crippen LogP contribution in [0.3, 0.4) is 0 Å². The Morgan fingerprint density at radius 1 is 1.19 bits per heavy atom. The molecule has 0 aliphatic rings. The molecule has 0 atom stereocenters. The average Bonchev–Trinajstić information content (AvgIpc) is 2.99. The summed E-state index contributed by atoms with van der Waals surface area (Å²) in [5.41, 5.74) is 2.46. The Kier molecular flexibility index (Phi) is 6.45. The molecule has 0 aliphatic carbocycles. The largest absolute Gasteiger partial charge is 0.493 e. The van der Waals surface area contributed by atoms with Crippen LogP contribution in [0.5, 0.6) is 5.75 Å². The number of fused-ring (bicyclic) bond motifs is 1. The molecule has 3 aromatic rings. The molecule has 1 aromatic heterocycles. The molecule has 0 fully saturated rings. The number of ether oxygens (including phenoxy) is 1. The summed E-state index contributed by atoms with van der Waals surface area (Å²) in [7, 11) is 0. The van der Waals surface area contributed by atoms with Gasteiger partial charge in [-0.25, -0.2) is 0 Å². The SMILES string of the molecule is CCCn1c(=NC(=O)CCOc2ccccc2)sc2cc(C(C)C)ccc21. The number of carbonyl (C=O) groups excluding carboxylic acids is 1. The van der Waals surface area contributed by atoms with E-state index >= 15 is 0 Å². The summed E-state index contributed by atoms with van der Waals surface area (Å²) in [6.07, 6.45) is 1.27. The smallest absolute Gasteiger partial charge is 0.251 e. The Labute approximate surface area is 164 Å². The highest BCUT2D eigenvalue weighted by Crippen LogP contribution is 2.23. The number of hydrogen-bond donors (Lipinski definition) is 0. The molecule has 0 N–H and O–H groups in total. The highest BCUT2D eigenvalue weighted by molar-refractivity contribution is 7.16. The van der Waals surface area contributed by atoms with Gasteiger partial charge < -0.3 is 9.30 Å². The molecule has 1 heterocycles. The quantitative estimate of drug-likeness (QED) is 0.568. The van der Waals surface area contributed by atoms with Crippen molar-refractivity contribution >= 4 is 27.5 Å². The maximum atomic E-state index is 12.4. The van der Waals surface area contributed by atoms with E-state index in [1.165, 1.54) is 10.3 Å². The standard InChI is InChI=1S/C22H26N2O2S/c1-4-13-24-19-11-10-17(16(2)3)15-20(19)27-22(24)23-21(25)12-14-26-18-8-6-5-7-9-18/h5-11,15-16H,4,12-14H2,1-3H3. The molecule has 0 bridgehead atoms. The van der Waals surface area contributed by atoms with Gasteiger partial charge in [-0.05, 0) is 42.2 Å². The topological polar surface area (TPSA) is 43.6 Å². The zero-order valence-corrected chi connectivity index (χ0v) is 17.0. The molecule has 0 saturated heterocycles. The van der Waals surface area contributed by atoms with Crippen molar-refractivity contribution < 1.29 is 9.53 Å². The second-order valence-corrected chi connectivity index (χ2v) is 7.84. The molecule has 0 unspecified atom stereocenters. The number of benzene rings is 2. The van der Waals surface area contributed by atoms with Crippen molar-refractivity contribution in [1.29, 1.82) is 0 Å². The zero-order valence-electron chi connectivity index (χ0n) is 16.1. The first-order valence-electron chi connectivity index (χ1n) is 9.47. The van der Waals surface area contributed by atoms with E-state index in [-0.39, 0.29) is 12.3 Å². The van der Waals surface area contributed by atoms with Gasteiger partial charge in [-0.1, -0.05) is 56.4 Å². The van der Waals surface area contributed by atoms with Crippen LogP contribution in [-0.4, -0.2) is 17.1 Å². The third kappa shape index (κ3) is 4.86. The van der Waals surface area contributed by atoms with Gasteiger partial charge in [0, 0.05) is 6.54 Å². The second kappa shape index (κ2) is 9.00. The van der Waals surface area contributed by atoms with E-state index < -0.39 is 0 Å². The first-order valence-corrected chi connectivity index (χ1v) is 10.3. The lowest BCUT2D eigenvalue weighted by Gasteiger charge is -2.06. The number of nitrogens with zero attached hydrogens (tertiary/aromatic N) is 2. The lowest BCUT2D eigenvalue weighted by molar-refractivity contribution is -0.118. The van der Waals surface area contributed by atoms with E-state index in [9.17, 15) is 4.79 Å². The molecule has 0 spiro atoms. The van der Waals surface area contributed by atoms with Gasteiger partial charge in [0.1, 0.15) is 5.75 Å². The lowest BCUT2D eigenvalue weighted by Crippen LogP contribution is -2.17. The molecule has 5 heteroatoms. The van der Waals surface area contributed by atoms with E-state index in [2.05, 4.69) is 48.5 Å². The number of rotatable bonds is 7. The molecule has 1 amide bonds. The van der Waals surface area contributed by atoms with Gasteiger partial charge in [-0.15, -0.1) is 0 Å². The first kappa shape index (κ1) is 19.4. The molecule has 3 rings (SSSR count). The fourth-order valence-electron chi connectivity index (χ4n) is 2.91. The molecular formula is C22H26N2O2S. The Bertz CT molecular complexity index is 971. The highest BCUT2D eigenvalue weighted by Gasteiger charge is 2.10. The predicted molar refractivity (Wildman–Crippen MR) is 111 cm³/mol.